The molecule has 0 aliphatic carbocycles. The molecule has 0 N–H and O–H groups in total. The van der Waals surface area contributed by atoms with E-state index in [1.807, 2.05) is 30.2 Å². The van der Waals surface area contributed by atoms with Crippen LogP contribution in [0.1, 0.15) is 43.1 Å². The van der Waals surface area contributed by atoms with Crippen LogP contribution in [0.25, 0.3) is 11.1 Å². The summed E-state index contributed by atoms with van der Waals surface area (Å²) in [5.41, 5.74) is 3.29. The molecule has 1 unspecified atom stereocenters. The number of carbonyl (C=O) groups excluding carboxylic acids is 1. The van der Waals surface area contributed by atoms with Gasteiger partial charge in [0.25, 0.3) is 0 Å². The number of nitrogens with zero attached hydrogens (tertiary/aromatic N) is 5. The number of hydrogen-bond donors (Lipinski definition) is 0. The van der Waals surface area contributed by atoms with Crippen molar-refractivity contribution in [2.24, 2.45) is 0 Å². The predicted molar refractivity (Wildman–Crippen MR) is 104 cm³/mol. The molecule has 4 rings (SSSR count). The molecule has 6 nitrogen and oxygen atoms in total. The Balaban J connectivity index is 1.52. The van der Waals surface area contributed by atoms with Crippen molar-refractivity contribution in [1.29, 1.82) is 0 Å². The van der Waals surface area contributed by atoms with E-state index in [1.165, 1.54) is 0 Å². The Morgan fingerprint density at radius 1 is 1.15 bits per heavy atom. The summed E-state index contributed by atoms with van der Waals surface area (Å²) in [5, 5.41) is 0. The largest absolute Gasteiger partial charge is 0.342 e. The van der Waals surface area contributed by atoms with Crippen LogP contribution in [0.15, 0.2) is 30.7 Å². The van der Waals surface area contributed by atoms with Crippen LogP contribution in [0, 0.1) is 6.92 Å². The van der Waals surface area contributed by atoms with Crippen LogP contribution in [0.4, 0.5) is 0 Å². The number of carbonyl (C=O) groups is 1. The van der Waals surface area contributed by atoms with Gasteiger partial charge in [-0.3, -0.25) is 14.7 Å². The van der Waals surface area contributed by atoms with Crippen molar-refractivity contribution < 1.29 is 4.79 Å². The van der Waals surface area contributed by atoms with E-state index in [1.54, 1.807) is 12.4 Å². The lowest BCUT2D eigenvalue weighted by atomic mass is 9.90. The summed E-state index contributed by atoms with van der Waals surface area (Å²) in [4.78, 5) is 30.2. The highest BCUT2D eigenvalue weighted by Gasteiger charge is 2.28. The number of amides is 1. The zero-order valence-electron chi connectivity index (χ0n) is 16.0. The first-order valence-corrected chi connectivity index (χ1v) is 9.95. The van der Waals surface area contributed by atoms with Gasteiger partial charge in [-0.25, -0.2) is 9.97 Å². The van der Waals surface area contributed by atoms with Gasteiger partial charge in [0.15, 0.2) is 0 Å². The summed E-state index contributed by atoms with van der Waals surface area (Å²) in [6.45, 7) is 6.20. The highest BCUT2D eigenvalue weighted by Crippen LogP contribution is 2.32. The highest BCUT2D eigenvalue weighted by atomic mass is 16.2. The van der Waals surface area contributed by atoms with Gasteiger partial charge < -0.3 is 4.90 Å². The molecule has 142 valence electrons. The predicted octanol–water partition coefficient (Wildman–Crippen LogP) is 2.65. The normalized spacial score (nSPS) is 20.8. The molecule has 27 heavy (non-hydrogen) atoms. The lowest BCUT2D eigenvalue weighted by Crippen LogP contribution is -2.43. The second-order valence-electron chi connectivity index (χ2n) is 7.61. The number of rotatable bonds is 4. The molecule has 1 atom stereocenters. The summed E-state index contributed by atoms with van der Waals surface area (Å²) in [6, 6.07) is 4.02. The lowest BCUT2D eigenvalue weighted by Gasteiger charge is -2.33. The Kier molecular flexibility index (Phi) is 5.43. The molecule has 0 spiro atoms. The molecule has 6 heteroatoms. The average molecular weight is 365 g/mol. The first-order chi connectivity index (χ1) is 13.2. The average Bonchev–Trinajstić information content (AvgIpc) is 3.24. The Bertz CT molecular complexity index is 788. The van der Waals surface area contributed by atoms with E-state index in [0.29, 0.717) is 12.5 Å². The Labute approximate surface area is 160 Å². The minimum Gasteiger partial charge on any atom is -0.342 e. The van der Waals surface area contributed by atoms with E-state index in [2.05, 4.69) is 14.9 Å². The molecule has 2 aromatic heterocycles. The molecule has 2 fully saturated rings. The number of pyridine rings is 1. The van der Waals surface area contributed by atoms with Gasteiger partial charge in [0.05, 0.1) is 12.2 Å². The third-order valence-corrected chi connectivity index (χ3v) is 5.64. The molecular weight excluding hydrogens is 338 g/mol. The van der Waals surface area contributed by atoms with Crippen molar-refractivity contribution in [3.63, 3.8) is 0 Å². The zero-order chi connectivity index (χ0) is 18.6. The molecule has 4 heterocycles. The van der Waals surface area contributed by atoms with Crippen LogP contribution in [0.2, 0.25) is 0 Å². The number of likely N-dealkylation sites (tertiary alicyclic amines) is 2. The van der Waals surface area contributed by atoms with Crippen LogP contribution >= 0.6 is 0 Å². The van der Waals surface area contributed by atoms with E-state index in [0.717, 1.165) is 74.5 Å². The quantitative estimate of drug-likeness (QED) is 0.834. The monoisotopic (exact) mass is 365 g/mol. The third kappa shape index (κ3) is 4.16. The molecule has 0 saturated carbocycles. The minimum absolute atomic E-state index is 0.279. The van der Waals surface area contributed by atoms with Crippen LogP contribution in [-0.2, 0) is 4.79 Å². The third-order valence-electron chi connectivity index (χ3n) is 5.64. The maximum atomic E-state index is 12.6. The summed E-state index contributed by atoms with van der Waals surface area (Å²) >= 11 is 0. The topological polar surface area (TPSA) is 62.2 Å². The van der Waals surface area contributed by atoms with Crippen molar-refractivity contribution in [2.45, 2.75) is 38.5 Å². The second kappa shape index (κ2) is 8.13. The standard InChI is InChI=1S/C21H27N5O/c1-16-23-13-19(17-6-8-22-9-7-17)21(24-16)18-5-4-10-25(14-18)15-20(27)26-11-2-3-12-26/h6-9,13,18H,2-5,10-12,14-15H2,1H3. The number of piperidine rings is 1. The van der Waals surface area contributed by atoms with E-state index in [4.69, 9.17) is 4.98 Å². The molecule has 0 radical (unpaired) electrons. The number of aryl methyl sites for hydroxylation is 1. The molecule has 1 amide bonds. The fourth-order valence-corrected chi connectivity index (χ4v) is 4.23. The molecule has 2 aromatic rings. The van der Waals surface area contributed by atoms with Gasteiger partial charge in [-0.15, -0.1) is 0 Å². The van der Waals surface area contributed by atoms with Crippen LogP contribution in [0.3, 0.4) is 0 Å². The SMILES string of the molecule is Cc1ncc(-c2ccncc2)c(C2CCCN(CC(=O)N3CCCC3)C2)n1. The highest BCUT2D eigenvalue weighted by molar-refractivity contribution is 5.78. The minimum atomic E-state index is 0.279. The maximum absolute atomic E-state index is 12.6. The van der Waals surface area contributed by atoms with E-state index >= 15 is 0 Å². The van der Waals surface area contributed by atoms with Gasteiger partial charge in [0, 0.05) is 49.7 Å². The van der Waals surface area contributed by atoms with Crippen LogP contribution in [-0.4, -0.2) is 63.4 Å². The molecule has 2 aliphatic rings. The van der Waals surface area contributed by atoms with Gasteiger partial charge in [-0.1, -0.05) is 0 Å². The lowest BCUT2D eigenvalue weighted by molar-refractivity contribution is -0.131. The van der Waals surface area contributed by atoms with Gasteiger partial charge in [-0.05, 0) is 56.8 Å². The molecule has 2 saturated heterocycles. The summed E-state index contributed by atoms with van der Waals surface area (Å²) < 4.78 is 0. The Hall–Kier alpha value is -2.34. The zero-order valence-corrected chi connectivity index (χ0v) is 16.0. The molecule has 0 bridgehead atoms. The smallest absolute Gasteiger partial charge is 0.236 e. The van der Waals surface area contributed by atoms with E-state index in [9.17, 15) is 4.79 Å². The van der Waals surface area contributed by atoms with Gasteiger partial charge >= 0.3 is 0 Å². The van der Waals surface area contributed by atoms with Gasteiger partial charge in [0.1, 0.15) is 5.82 Å². The Morgan fingerprint density at radius 2 is 1.93 bits per heavy atom. The maximum Gasteiger partial charge on any atom is 0.236 e. The molecule has 0 aromatic carbocycles. The summed E-state index contributed by atoms with van der Waals surface area (Å²) in [5.74, 6) is 1.41. The fourth-order valence-electron chi connectivity index (χ4n) is 4.23. The summed E-state index contributed by atoms with van der Waals surface area (Å²) in [7, 11) is 0. The van der Waals surface area contributed by atoms with Crippen molar-refractivity contribution >= 4 is 5.91 Å². The first kappa shape index (κ1) is 18.0. The van der Waals surface area contributed by atoms with Crippen LogP contribution < -0.4 is 0 Å². The van der Waals surface area contributed by atoms with Crippen molar-refractivity contribution in [1.82, 2.24) is 24.8 Å². The second-order valence-corrected chi connectivity index (χ2v) is 7.61. The van der Waals surface area contributed by atoms with Crippen molar-refractivity contribution in [2.75, 3.05) is 32.7 Å². The van der Waals surface area contributed by atoms with Gasteiger partial charge in [0.2, 0.25) is 5.91 Å². The van der Waals surface area contributed by atoms with E-state index < -0.39 is 0 Å². The fraction of sp³-hybridized carbons (Fsp3) is 0.524. The van der Waals surface area contributed by atoms with Gasteiger partial charge in [-0.2, -0.15) is 0 Å². The van der Waals surface area contributed by atoms with E-state index in [-0.39, 0.29) is 5.91 Å². The molecule has 2 aliphatic heterocycles. The molecular formula is C21H27N5O. The van der Waals surface area contributed by atoms with Crippen molar-refractivity contribution in [3.05, 3.63) is 42.2 Å². The number of aromatic nitrogens is 3. The Morgan fingerprint density at radius 3 is 2.70 bits per heavy atom. The van der Waals surface area contributed by atoms with Crippen LogP contribution in [0.5, 0.6) is 0 Å². The van der Waals surface area contributed by atoms with Crippen molar-refractivity contribution in [3.8, 4) is 11.1 Å². The first-order valence-electron chi connectivity index (χ1n) is 9.95. The number of hydrogen-bond acceptors (Lipinski definition) is 5. The summed E-state index contributed by atoms with van der Waals surface area (Å²) in [6.07, 6.45) is 10.0.